The first-order valence-electron chi connectivity index (χ1n) is 9.68. The van der Waals surface area contributed by atoms with Gasteiger partial charge in [0.05, 0.1) is 4.92 Å². The van der Waals surface area contributed by atoms with Crippen molar-refractivity contribution < 1.29 is 23.2 Å². The van der Waals surface area contributed by atoms with Crippen molar-refractivity contribution in [1.82, 2.24) is 9.55 Å². The number of pyridine rings is 2. The van der Waals surface area contributed by atoms with Crippen LogP contribution >= 0.6 is 0 Å². The lowest BCUT2D eigenvalue weighted by Crippen LogP contribution is -2.27. The molecule has 0 spiro atoms. The molecule has 4 rings (SSSR count). The number of hydrogen-bond donors (Lipinski definition) is 1. The van der Waals surface area contributed by atoms with Crippen LogP contribution in [-0.4, -0.2) is 20.4 Å². The van der Waals surface area contributed by atoms with Gasteiger partial charge in [0.1, 0.15) is 17.6 Å². The molecule has 0 saturated heterocycles. The molecule has 0 aliphatic carbocycles. The average Bonchev–Trinajstić information content (AvgIpc) is 2.82. The van der Waals surface area contributed by atoms with Gasteiger partial charge < -0.3 is 10.1 Å². The number of carbonyl (C=O) groups excluding carboxylic acids is 1. The highest BCUT2D eigenvalue weighted by Gasteiger charge is 2.18. The van der Waals surface area contributed by atoms with Crippen molar-refractivity contribution in [3.8, 4) is 17.2 Å². The molecule has 9 nitrogen and oxygen atoms in total. The number of carbonyl (C=O) groups is 1. The van der Waals surface area contributed by atoms with Crippen LogP contribution in [0.1, 0.15) is 10.4 Å². The third kappa shape index (κ3) is 4.63. The quantitative estimate of drug-likeness (QED) is 0.333. The Balaban J connectivity index is 1.55. The van der Waals surface area contributed by atoms with E-state index in [1.807, 2.05) is 0 Å². The molecule has 4 aromatic rings. The van der Waals surface area contributed by atoms with Crippen LogP contribution in [0.4, 0.5) is 20.2 Å². The number of nitrogens with zero attached hydrogens (tertiary/aromatic N) is 3. The number of benzene rings is 2. The molecule has 2 heterocycles. The van der Waals surface area contributed by atoms with E-state index in [0.29, 0.717) is 5.69 Å². The molecule has 1 amide bonds. The van der Waals surface area contributed by atoms with E-state index in [2.05, 4.69) is 10.3 Å². The van der Waals surface area contributed by atoms with Crippen LogP contribution in [0, 0.1) is 21.7 Å². The number of halogens is 2. The maximum Gasteiger partial charge on any atom is 0.329 e. The van der Waals surface area contributed by atoms with Crippen LogP contribution < -0.4 is 15.6 Å². The summed E-state index contributed by atoms with van der Waals surface area (Å²) in [5, 5.41) is 13.5. The molecule has 170 valence electrons. The Bertz CT molecular complexity index is 1450. The van der Waals surface area contributed by atoms with Gasteiger partial charge in [0, 0.05) is 35.9 Å². The van der Waals surface area contributed by atoms with Crippen molar-refractivity contribution in [2.24, 2.45) is 0 Å². The predicted octanol–water partition coefficient (Wildman–Crippen LogP) is 4.46. The number of nitro groups is 1. The first kappa shape index (κ1) is 22.3. The zero-order valence-electron chi connectivity index (χ0n) is 17.1. The van der Waals surface area contributed by atoms with Crippen LogP contribution in [0.2, 0.25) is 0 Å². The average molecular weight is 464 g/mol. The van der Waals surface area contributed by atoms with E-state index in [0.717, 1.165) is 12.3 Å². The number of ether oxygens (including phenoxy) is 1. The summed E-state index contributed by atoms with van der Waals surface area (Å²) in [5.74, 6) is -2.69. The van der Waals surface area contributed by atoms with Crippen LogP contribution in [0.5, 0.6) is 11.5 Å². The first-order chi connectivity index (χ1) is 16.3. The Morgan fingerprint density at radius 1 is 1.06 bits per heavy atom. The van der Waals surface area contributed by atoms with E-state index in [4.69, 9.17) is 4.74 Å². The fourth-order valence-corrected chi connectivity index (χ4v) is 3.05. The molecule has 0 radical (unpaired) electrons. The van der Waals surface area contributed by atoms with Crippen molar-refractivity contribution in [2.45, 2.75) is 0 Å². The normalized spacial score (nSPS) is 10.5. The lowest BCUT2D eigenvalue weighted by Gasteiger charge is -2.11. The van der Waals surface area contributed by atoms with E-state index in [9.17, 15) is 28.5 Å². The van der Waals surface area contributed by atoms with Crippen molar-refractivity contribution in [3.63, 3.8) is 0 Å². The molecule has 0 aliphatic rings. The van der Waals surface area contributed by atoms with Crippen LogP contribution in [0.15, 0.2) is 84.0 Å². The monoisotopic (exact) mass is 464 g/mol. The second kappa shape index (κ2) is 9.28. The minimum absolute atomic E-state index is 0.0238. The fourth-order valence-electron chi connectivity index (χ4n) is 3.05. The van der Waals surface area contributed by atoms with E-state index in [1.54, 1.807) is 0 Å². The van der Waals surface area contributed by atoms with Gasteiger partial charge in [-0.25, -0.2) is 8.78 Å². The van der Waals surface area contributed by atoms with Crippen molar-refractivity contribution in [2.75, 3.05) is 5.32 Å². The number of nitrogens with one attached hydrogen (secondary N) is 1. The topological polar surface area (TPSA) is 116 Å². The molecular formula is C23H14F2N4O5. The first-order valence-corrected chi connectivity index (χ1v) is 9.68. The minimum Gasteiger partial charge on any atom is -0.447 e. The third-order valence-corrected chi connectivity index (χ3v) is 4.66. The Kier molecular flexibility index (Phi) is 6.08. The number of amides is 1. The molecule has 11 heteroatoms. The summed E-state index contributed by atoms with van der Waals surface area (Å²) in [7, 11) is 0. The molecule has 2 aromatic heterocycles. The van der Waals surface area contributed by atoms with E-state index in [-0.39, 0.29) is 22.7 Å². The maximum absolute atomic E-state index is 14.6. The Hall–Kier alpha value is -4.93. The van der Waals surface area contributed by atoms with Gasteiger partial charge in [-0.15, -0.1) is 0 Å². The van der Waals surface area contributed by atoms with Crippen LogP contribution in [-0.2, 0) is 0 Å². The molecule has 0 atom stereocenters. The smallest absolute Gasteiger partial charge is 0.329 e. The highest BCUT2D eigenvalue weighted by atomic mass is 19.1. The molecule has 0 fully saturated rings. The van der Waals surface area contributed by atoms with Crippen LogP contribution in [0.3, 0.4) is 0 Å². The second-order valence-electron chi connectivity index (χ2n) is 6.88. The lowest BCUT2D eigenvalue weighted by atomic mass is 10.2. The Labute approximate surface area is 190 Å². The van der Waals surface area contributed by atoms with E-state index in [1.165, 1.54) is 71.6 Å². The number of anilines is 1. The number of aromatic nitrogens is 2. The molecule has 0 aliphatic heterocycles. The van der Waals surface area contributed by atoms with Crippen molar-refractivity contribution in [1.29, 1.82) is 0 Å². The summed E-state index contributed by atoms with van der Waals surface area (Å²) in [5.41, 5.74) is -0.938. The van der Waals surface area contributed by atoms with Gasteiger partial charge in [-0.2, -0.15) is 0 Å². The lowest BCUT2D eigenvalue weighted by molar-refractivity contribution is -0.386. The van der Waals surface area contributed by atoms with E-state index < -0.39 is 33.7 Å². The van der Waals surface area contributed by atoms with Gasteiger partial charge in [0.15, 0.2) is 11.6 Å². The van der Waals surface area contributed by atoms with Gasteiger partial charge >= 0.3 is 5.69 Å². The van der Waals surface area contributed by atoms with Crippen molar-refractivity contribution >= 4 is 17.3 Å². The molecular weight excluding hydrogens is 450 g/mol. The molecule has 2 aromatic carbocycles. The highest BCUT2D eigenvalue weighted by molar-refractivity contribution is 6.04. The van der Waals surface area contributed by atoms with Gasteiger partial charge in [0.25, 0.3) is 11.5 Å². The number of hydrogen-bond acceptors (Lipinski definition) is 6. The molecule has 0 unspecified atom stereocenters. The van der Waals surface area contributed by atoms with Gasteiger partial charge in [-0.05, 0) is 48.5 Å². The Morgan fingerprint density at radius 3 is 2.53 bits per heavy atom. The standard InChI is InChI=1S/C23H14F2N4O5/c24-14-3-6-16(7-4-14)28-11-1-2-17(23(28)31)22(30)27-15-5-8-20(18(25)12-15)34-21-9-10-26-13-19(21)29(32)33/h1-13H,(H,27,30). The Morgan fingerprint density at radius 2 is 1.82 bits per heavy atom. The summed E-state index contributed by atoms with van der Waals surface area (Å²) >= 11 is 0. The SMILES string of the molecule is O=C(Nc1ccc(Oc2ccncc2[N+](=O)[O-])c(F)c1)c1cccn(-c2ccc(F)cc2)c1=O. The van der Waals surface area contributed by atoms with E-state index >= 15 is 0 Å². The molecule has 34 heavy (non-hydrogen) atoms. The zero-order chi connectivity index (χ0) is 24.2. The molecule has 1 N–H and O–H groups in total. The second-order valence-corrected chi connectivity index (χ2v) is 6.88. The van der Waals surface area contributed by atoms with Gasteiger partial charge in [0.2, 0.25) is 5.75 Å². The zero-order valence-corrected chi connectivity index (χ0v) is 17.1. The summed E-state index contributed by atoms with van der Waals surface area (Å²) < 4.78 is 34.2. The molecule has 0 bridgehead atoms. The summed E-state index contributed by atoms with van der Waals surface area (Å²) in [6.45, 7) is 0. The minimum atomic E-state index is -0.902. The summed E-state index contributed by atoms with van der Waals surface area (Å²) in [6, 6.07) is 12.6. The highest BCUT2D eigenvalue weighted by Crippen LogP contribution is 2.32. The van der Waals surface area contributed by atoms with Crippen molar-refractivity contribution in [3.05, 3.63) is 117 Å². The summed E-state index contributed by atoms with van der Waals surface area (Å²) in [4.78, 5) is 39.4. The number of rotatable bonds is 6. The van der Waals surface area contributed by atoms with Gasteiger partial charge in [-0.1, -0.05) is 0 Å². The predicted molar refractivity (Wildman–Crippen MR) is 117 cm³/mol. The molecule has 0 saturated carbocycles. The maximum atomic E-state index is 14.6. The van der Waals surface area contributed by atoms with Crippen LogP contribution in [0.25, 0.3) is 5.69 Å². The van der Waals surface area contributed by atoms with Gasteiger partial charge in [-0.3, -0.25) is 29.3 Å². The third-order valence-electron chi connectivity index (χ3n) is 4.66. The largest absolute Gasteiger partial charge is 0.447 e. The summed E-state index contributed by atoms with van der Waals surface area (Å²) in [6.07, 6.45) is 3.66. The fraction of sp³-hybridized carbons (Fsp3) is 0.